The van der Waals surface area contributed by atoms with Gasteiger partial charge >= 0.3 is 0 Å². The van der Waals surface area contributed by atoms with E-state index in [9.17, 15) is 9.18 Å². The van der Waals surface area contributed by atoms with Crippen LogP contribution in [0.15, 0.2) is 66.4 Å². The van der Waals surface area contributed by atoms with Gasteiger partial charge in [0.2, 0.25) is 5.91 Å². The molecule has 0 saturated carbocycles. The first-order valence-corrected chi connectivity index (χ1v) is 18.2. The van der Waals surface area contributed by atoms with Crippen molar-refractivity contribution in [2.45, 2.75) is 32.5 Å². The number of ether oxygens (including phenoxy) is 2. The number of methoxy groups -OCH3 is 1. The van der Waals surface area contributed by atoms with Crippen molar-refractivity contribution in [3.8, 4) is 22.6 Å². The maximum absolute atomic E-state index is 15.8. The van der Waals surface area contributed by atoms with Crippen LogP contribution < -0.4 is 0 Å². The molecule has 54 heavy (non-hydrogen) atoms. The first-order valence-electron chi connectivity index (χ1n) is 17.3. The lowest BCUT2D eigenvalue weighted by molar-refractivity contribution is -0.130. The minimum absolute atomic E-state index is 0.0138. The number of rotatable bonds is 12. The molecule has 0 aliphatic carbocycles. The van der Waals surface area contributed by atoms with Crippen molar-refractivity contribution >= 4 is 39.7 Å². The molecule has 1 unspecified atom stereocenters. The van der Waals surface area contributed by atoms with Gasteiger partial charge in [0.15, 0.2) is 0 Å². The molecule has 4 aromatic heterocycles. The predicted octanol–water partition coefficient (Wildman–Crippen LogP) is 6.53. The van der Waals surface area contributed by atoms with E-state index < -0.39 is 17.5 Å². The summed E-state index contributed by atoms with van der Waals surface area (Å²) in [6, 6.07) is 3.95. The van der Waals surface area contributed by atoms with Crippen LogP contribution in [0.1, 0.15) is 35.5 Å². The zero-order valence-electron chi connectivity index (χ0n) is 31.0. The molecule has 0 saturated heterocycles. The van der Waals surface area contributed by atoms with Crippen molar-refractivity contribution in [3.63, 3.8) is 0 Å². The molecular weight excluding hydrogens is 720 g/mol. The van der Waals surface area contributed by atoms with Crippen LogP contribution >= 0.6 is 11.3 Å². The molecule has 286 valence electrons. The second kappa shape index (κ2) is 18.4. The standard InChI is InChI=1S/C36H40F3N7O3S.C3H4O/c1-22-17-44(4)19-27-15-31(42-46(22)27)35-28(14-26(38)13-25(37)7-9-49-11-10-48-5)33-29(39)21-50-36(33)34(41-35)23-12-24-18-45(20-32(47)43(2)3)8-6-30(24)40-16-23;1-2-3-4/h7,9,12-16,21-22H,6,8,10-11,17-20H2,1-5H3;2-3H,1H2/b9-7+,25-13+,26-14?;. The monoisotopic (exact) mass is 763 g/mol. The van der Waals surface area contributed by atoms with Gasteiger partial charge in [-0.15, -0.1) is 11.3 Å². The zero-order valence-corrected chi connectivity index (χ0v) is 31.8. The minimum atomic E-state index is -0.938. The Kier molecular flexibility index (Phi) is 13.7. The third kappa shape index (κ3) is 9.58. The van der Waals surface area contributed by atoms with E-state index in [2.05, 4.69) is 23.3 Å². The molecule has 6 heterocycles. The van der Waals surface area contributed by atoms with E-state index >= 15 is 8.78 Å². The van der Waals surface area contributed by atoms with Gasteiger partial charge < -0.3 is 14.4 Å². The molecule has 0 spiro atoms. The topological polar surface area (TPSA) is 106 Å². The van der Waals surface area contributed by atoms with E-state index in [0.717, 1.165) is 53.2 Å². The molecule has 4 aromatic rings. The van der Waals surface area contributed by atoms with Crippen molar-refractivity contribution in [2.75, 3.05) is 61.1 Å². The normalized spacial score (nSPS) is 16.5. The summed E-state index contributed by atoms with van der Waals surface area (Å²) in [6.45, 7) is 8.67. The fourth-order valence-electron chi connectivity index (χ4n) is 6.31. The zero-order chi connectivity index (χ0) is 38.9. The molecule has 2 aliphatic heterocycles. The van der Waals surface area contributed by atoms with E-state index in [1.165, 1.54) is 18.6 Å². The van der Waals surface area contributed by atoms with Gasteiger partial charge in [0, 0.05) is 99.7 Å². The number of aldehydes is 1. The predicted molar refractivity (Wildman–Crippen MR) is 204 cm³/mol. The second-order valence-electron chi connectivity index (χ2n) is 13.2. The third-order valence-electron chi connectivity index (χ3n) is 8.82. The molecule has 0 aromatic carbocycles. The molecule has 0 N–H and O–H groups in total. The first kappa shape index (κ1) is 40.2. The number of fused-ring (bicyclic) bond motifs is 3. The highest BCUT2D eigenvalue weighted by atomic mass is 32.1. The SMILES string of the molecule is C=CC=O.COCCO/C=C/C(F)=C\C(F)=Cc1c(-c2cc3n(n2)C(C)CN(C)C3)nc(-c2cnc3c(c2)CN(CC(=O)N(C)C)CC3)c2scc(F)c12. The minimum Gasteiger partial charge on any atom is -0.499 e. The fraction of sp³-hybridized carbons (Fsp3) is 0.359. The van der Waals surface area contributed by atoms with Gasteiger partial charge in [-0.2, -0.15) is 5.10 Å². The number of hydrogen-bond acceptors (Lipinski definition) is 10. The summed E-state index contributed by atoms with van der Waals surface area (Å²) < 4.78 is 58.5. The van der Waals surface area contributed by atoms with E-state index in [0.29, 0.717) is 66.7 Å². The molecule has 15 heteroatoms. The van der Waals surface area contributed by atoms with Crippen molar-refractivity contribution in [1.82, 2.24) is 34.4 Å². The highest BCUT2D eigenvalue weighted by molar-refractivity contribution is 7.17. The van der Waals surface area contributed by atoms with Crippen LogP contribution in [0.25, 0.3) is 38.8 Å². The molecule has 2 aliphatic rings. The number of hydrogen-bond donors (Lipinski definition) is 0. The summed E-state index contributed by atoms with van der Waals surface area (Å²) >= 11 is 1.15. The van der Waals surface area contributed by atoms with Gasteiger partial charge in [0.05, 0.1) is 47.2 Å². The largest absolute Gasteiger partial charge is 0.499 e. The number of allylic oxidation sites excluding steroid dienone is 5. The molecule has 6 rings (SSSR count). The molecule has 11 nitrogen and oxygen atoms in total. The molecule has 0 fully saturated rings. The van der Waals surface area contributed by atoms with E-state index in [4.69, 9.17) is 29.3 Å². The van der Waals surface area contributed by atoms with Crippen molar-refractivity contribution in [3.05, 3.63) is 94.8 Å². The van der Waals surface area contributed by atoms with Gasteiger partial charge in [0.25, 0.3) is 0 Å². The Hall–Kier alpha value is -4.96. The van der Waals surface area contributed by atoms with Gasteiger partial charge in [-0.05, 0) is 43.8 Å². The van der Waals surface area contributed by atoms with Crippen LogP contribution in [-0.2, 0) is 38.6 Å². The number of nitrogens with zero attached hydrogens (tertiary/aromatic N) is 7. The van der Waals surface area contributed by atoms with E-state index in [1.807, 2.05) is 23.9 Å². The highest BCUT2D eigenvalue weighted by Crippen LogP contribution is 2.41. The smallest absolute Gasteiger partial charge is 0.236 e. The van der Waals surface area contributed by atoms with E-state index in [1.54, 1.807) is 25.2 Å². The van der Waals surface area contributed by atoms with Crippen LogP contribution in [0.4, 0.5) is 13.2 Å². The summed E-state index contributed by atoms with van der Waals surface area (Å²) in [7, 11) is 7.01. The van der Waals surface area contributed by atoms with Crippen LogP contribution in [0.3, 0.4) is 0 Å². The number of thiophene rings is 1. The fourth-order valence-corrected chi connectivity index (χ4v) is 7.25. The number of pyridine rings is 2. The maximum atomic E-state index is 15.8. The van der Waals surface area contributed by atoms with Crippen molar-refractivity contribution in [1.29, 1.82) is 0 Å². The molecule has 0 bridgehead atoms. The molecule has 1 atom stereocenters. The van der Waals surface area contributed by atoms with Crippen LogP contribution in [0.5, 0.6) is 0 Å². The number of carbonyl (C=O) groups excluding carboxylic acids is 2. The summed E-state index contributed by atoms with van der Waals surface area (Å²) in [5, 5.41) is 6.40. The summed E-state index contributed by atoms with van der Waals surface area (Å²) in [5.74, 6) is -2.37. The Morgan fingerprint density at radius 2 is 1.94 bits per heavy atom. The lowest BCUT2D eigenvalue weighted by Gasteiger charge is -2.28. The Bertz CT molecular complexity index is 2090. The van der Waals surface area contributed by atoms with Crippen LogP contribution in [0.2, 0.25) is 0 Å². The number of carbonyl (C=O) groups is 2. The Morgan fingerprint density at radius 3 is 2.67 bits per heavy atom. The van der Waals surface area contributed by atoms with Gasteiger partial charge in [-0.1, -0.05) is 6.58 Å². The quantitative estimate of drug-likeness (QED) is 0.0524. The van der Waals surface area contributed by atoms with Gasteiger partial charge in [-0.25, -0.2) is 18.2 Å². The first-order chi connectivity index (χ1) is 25.9. The van der Waals surface area contributed by atoms with Crippen molar-refractivity contribution in [2.24, 2.45) is 0 Å². The number of aromatic nitrogens is 4. The van der Waals surface area contributed by atoms with Gasteiger partial charge in [0.1, 0.15) is 36.1 Å². The number of halogens is 3. The third-order valence-corrected chi connectivity index (χ3v) is 9.78. The maximum Gasteiger partial charge on any atom is 0.236 e. The lowest BCUT2D eigenvalue weighted by atomic mass is 9.99. The summed E-state index contributed by atoms with van der Waals surface area (Å²) in [6.07, 6.45) is 8.17. The molecule has 0 radical (unpaired) electrons. The summed E-state index contributed by atoms with van der Waals surface area (Å²) in [4.78, 5) is 37.1. The Morgan fingerprint density at radius 1 is 1.17 bits per heavy atom. The number of likely N-dealkylation sites (N-methyl/N-ethyl adjacent to an activating group) is 2. The lowest BCUT2D eigenvalue weighted by Crippen LogP contribution is -2.39. The second-order valence-corrected chi connectivity index (χ2v) is 14.1. The molecule has 1 amide bonds. The average Bonchev–Trinajstić information content (AvgIpc) is 3.75. The van der Waals surface area contributed by atoms with Gasteiger partial charge in [-0.3, -0.25) is 29.1 Å². The van der Waals surface area contributed by atoms with Crippen LogP contribution in [-0.4, -0.2) is 108 Å². The van der Waals surface area contributed by atoms with Crippen LogP contribution in [0, 0.1) is 5.82 Å². The van der Waals surface area contributed by atoms with E-state index in [-0.39, 0.29) is 41.7 Å². The Labute approximate surface area is 316 Å². The number of amides is 1. The average molecular weight is 764 g/mol. The highest BCUT2D eigenvalue weighted by Gasteiger charge is 2.27. The summed E-state index contributed by atoms with van der Waals surface area (Å²) in [5.41, 5.74) is 4.84. The van der Waals surface area contributed by atoms with Crippen molar-refractivity contribution < 1.29 is 32.2 Å². The molecular formula is C39H44F3N7O4S. The Balaban J connectivity index is 0.00000133.